The lowest BCUT2D eigenvalue weighted by molar-refractivity contribution is 0.0216. The highest BCUT2D eigenvalue weighted by Crippen LogP contribution is 2.35. The van der Waals surface area contributed by atoms with Crippen molar-refractivity contribution in [1.82, 2.24) is 14.9 Å². The Kier molecular flexibility index (Phi) is 5.70. The second-order valence-corrected chi connectivity index (χ2v) is 9.21. The van der Waals surface area contributed by atoms with Crippen molar-refractivity contribution in [3.8, 4) is 17.3 Å². The lowest BCUT2D eigenvalue weighted by atomic mass is 10.1. The van der Waals surface area contributed by atoms with E-state index >= 15 is 0 Å². The number of hydrogen-bond acceptors (Lipinski definition) is 7. The van der Waals surface area contributed by atoms with E-state index in [1.807, 2.05) is 32.6 Å². The summed E-state index contributed by atoms with van der Waals surface area (Å²) in [5.74, 6) is 0. The van der Waals surface area contributed by atoms with Crippen molar-refractivity contribution in [2.24, 2.45) is 0 Å². The number of amides is 1. The molecule has 0 spiro atoms. The molecule has 1 atom stereocenters. The molecule has 8 nitrogen and oxygen atoms in total. The zero-order chi connectivity index (χ0) is 23.0. The van der Waals surface area contributed by atoms with Gasteiger partial charge >= 0.3 is 6.09 Å². The molecule has 0 N–H and O–H groups in total. The molecule has 1 aromatic carbocycles. The Morgan fingerprint density at radius 1 is 1.34 bits per heavy atom. The molecule has 4 rings (SSSR count). The van der Waals surface area contributed by atoms with Crippen molar-refractivity contribution in [1.29, 1.82) is 5.26 Å². The van der Waals surface area contributed by atoms with Gasteiger partial charge in [-0.15, -0.1) is 0 Å². The molecule has 0 unspecified atom stereocenters. The predicted molar refractivity (Wildman–Crippen MR) is 122 cm³/mol. The number of anilines is 1. The van der Waals surface area contributed by atoms with Crippen LogP contribution in [0.4, 0.5) is 10.8 Å². The van der Waals surface area contributed by atoms with E-state index < -0.39 is 5.60 Å². The molecule has 9 heteroatoms. The monoisotopic (exact) mass is 453 g/mol. The zero-order valence-corrected chi connectivity index (χ0v) is 19.2. The van der Waals surface area contributed by atoms with Gasteiger partial charge in [0.05, 0.1) is 11.3 Å². The number of hydrogen-bond donors (Lipinski definition) is 0. The Hall–Kier alpha value is -3.31. The fourth-order valence-corrected chi connectivity index (χ4v) is 3.94. The third kappa shape index (κ3) is 4.34. The van der Waals surface area contributed by atoms with Gasteiger partial charge in [-0.05, 0) is 52.0 Å². The molecule has 0 radical (unpaired) electrons. The third-order valence-electron chi connectivity index (χ3n) is 5.15. The average Bonchev–Trinajstić information content (AvgIpc) is 3.15. The molecule has 1 aliphatic heterocycles. The summed E-state index contributed by atoms with van der Waals surface area (Å²) >= 11 is 6.34. The second-order valence-electron chi connectivity index (χ2n) is 8.78. The quantitative estimate of drug-likeness (QED) is 0.546. The number of ether oxygens (including phenoxy) is 1. The number of pyridine rings is 1. The summed E-state index contributed by atoms with van der Waals surface area (Å²) in [4.78, 5) is 25.2. The summed E-state index contributed by atoms with van der Waals surface area (Å²) in [6.07, 6.45) is 1.30. The third-order valence-corrected chi connectivity index (χ3v) is 5.37. The van der Waals surface area contributed by atoms with Crippen molar-refractivity contribution in [3.05, 3.63) is 41.0 Å². The zero-order valence-electron chi connectivity index (χ0n) is 18.4. The number of carbonyl (C=O) groups is 1. The summed E-state index contributed by atoms with van der Waals surface area (Å²) in [5.41, 5.74) is 2.09. The Morgan fingerprint density at radius 3 is 2.81 bits per heavy atom. The van der Waals surface area contributed by atoms with Crippen LogP contribution in [0.3, 0.4) is 0 Å². The Labute approximate surface area is 191 Å². The van der Waals surface area contributed by atoms with Crippen molar-refractivity contribution in [2.45, 2.75) is 39.3 Å². The highest BCUT2D eigenvalue weighted by atomic mass is 35.5. The first-order chi connectivity index (χ1) is 15.2. The van der Waals surface area contributed by atoms with Gasteiger partial charge in [0.25, 0.3) is 6.01 Å². The maximum absolute atomic E-state index is 12.4. The summed E-state index contributed by atoms with van der Waals surface area (Å²) in [7, 11) is 0. The molecule has 166 valence electrons. The SMILES string of the molecule is C[C@H]1CN(C(=O)OC(C)(C)C)CCN1c1nc2cc(Cl)cc(-c3ncccc3C#N)c2o1. The molecule has 32 heavy (non-hydrogen) atoms. The van der Waals surface area contributed by atoms with Crippen LogP contribution in [0.25, 0.3) is 22.4 Å². The molecule has 0 saturated carbocycles. The first-order valence-corrected chi connectivity index (χ1v) is 10.7. The molecule has 0 aliphatic carbocycles. The van der Waals surface area contributed by atoms with Gasteiger partial charge in [-0.3, -0.25) is 4.98 Å². The van der Waals surface area contributed by atoms with Gasteiger partial charge in [0.15, 0.2) is 5.58 Å². The molecule has 2 aromatic heterocycles. The van der Waals surface area contributed by atoms with Gasteiger partial charge in [0.2, 0.25) is 0 Å². The largest absolute Gasteiger partial charge is 0.444 e. The fourth-order valence-electron chi connectivity index (χ4n) is 3.73. The minimum Gasteiger partial charge on any atom is -0.444 e. The van der Waals surface area contributed by atoms with E-state index in [1.165, 1.54) is 0 Å². The number of halogens is 1. The van der Waals surface area contributed by atoms with Gasteiger partial charge in [0.1, 0.15) is 17.2 Å². The molecule has 1 fully saturated rings. The normalized spacial score (nSPS) is 16.8. The van der Waals surface area contributed by atoms with Crippen LogP contribution in [0, 0.1) is 11.3 Å². The highest BCUT2D eigenvalue weighted by molar-refractivity contribution is 6.31. The first-order valence-electron chi connectivity index (χ1n) is 10.4. The lowest BCUT2D eigenvalue weighted by Gasteiger charge is -2.39. The van der Waals surface area contributed by atoms with Gasteiger partial charge in [-0.25, -0.2) is 4.79 Å². The minimum absolute atomic E-state index is 0.0345. The molecule has 3 heterocycles. The van der Waals surface area contributed by atoms with Crippen LogP contribution in [0.15, 0.2) is 34.9 Å². The van der Waals surface area contributed by atoms with E-state index in [1.54, 1.807) is 35.4 Å². The number of oxazole rings is 1. The number of fused-ring (bicyclic) bond motifs is 1. The number of benzene rings is 1. The van der Waals surface area contributed by atoms with Gasteiger partial charge in [-0.2, -0.15) is 10.2 Å². The molecule has 1 aliphatic rings. The Morgan fingerprint density at radius 2 is 2.12 bits per heavy atom. The summed E-state index contributed by atoms with van der Waals surface area (Å²) in [5, 5.41) is 9.96. The van der Waals surface area contributed by atoms with E-state index in [0.29, 0.717) is 58.6 Å². The van der Waals surface area contributed by atoms with Crippen LogP contribution in [0.1, 0.15) is 33.3 Å². The predicted octanol–water partition coefficient (Wildman–Crippen LogP) is 4.86. The summed E-state index contributed by atoms with van der Waals surface area (Å²) in [6.45, 7) is 9.08. The van der Waals surface area contributed by atoms with Crippen LogP contribution in [0.5, 0.6) is 0 Å². The second kappa shape index (κ2) is 8.32. The number of rotatable bonds is 2. The minimum atomic E-state index is -0.541. The van der Waals surface area contributed by atoms with Crippen LogP contribution >= 0.6 is 11.6 Å². The maximum Gasteiger partial charge on any atom is 0.410 e. The van der Waals surface area contributed by atoms with Gasteiger partial charge < -0.3 is 19.0 Å². The van der Waals surface area contributed by atoms with Crippen LogP contribution < -0.4 is 4.90 Å². The van der Waals surface area contributed by atoms with Crippen LogP contribution in [0.2, 0.25) is 5.02 Å². The number of aromatic nitrogens is 2. The van der Waals surface area contributed by atoms with E-state index in [9.17, 15) is 10.1 Å². The van der Waals surface area contributed by atoms with Crippen molar-refractivity contribution < 1.29 is 13.9 Å². The fraction of sp³-hybridized carbons (Fsp3) is 0.391. The lowest BCUT2D eigenvalue weighted by Crippen LogP contribution is -2.54. The molecular weight excluding hydrogens is 430 g/mol. The maximum atomic E-state index is 12.4. The Balaban J connectivity index is 1.64. The number of carbonyl (C=O) groups excluding carboxylic acids is 1. The smallest absolute Gasteiger partial charge is 0.410 e. The van der Waals surface area contributed by atoms with E-state index in [2.05, 4.69) is 16.0 Å². The van der Waals surface area contributed by atoms with Crippen LogP contribution in [-0.2, 0) is 4.74 Å². The Bertz CT molecular complexity index is 1210. The molecule has 1 saturated heterocycles. The molecule has 3 aromatic rings. The molecule has 0 bridgehead atoms. The van der Waals surface area contributed by atoms with Crippen molar-refractivity contribution in [3.63, 3.8) is 0 Å². The molecule has 1 amide bonds. The summed E-state index contributed by atoms with van der Waals surface area (Å²) < 4.78 is 11.7. The van der Waals surface area contributed by atoms with Crippen molar-refractivity contribution in [2.75, 3.05) is 24.5 Å². The van der Waals surface area contributed by atoms with Gasteiger partial charge in [-0.1, -0.05) is 11.6 Å². The summed E-state index contributed by atoms with van der Waals surface area (Å²) in [6, 6.07) is 9.43. The van der Waals surface area contributed by atoms with Crippen LogP contribution in [-0.4, -0.2) is 52.2 Å². The van der Waals surface area contributed by atoms with Crippen molar-refractivity contribution >= 4 is 34.8 Å². The molecular formula is C23H24ClN5O3. The first kappa shape index (κ1) is 21.9. The van der Waals surface area contributed by atoms with Gasteiger partial charge in [0, 0.05) is 42.5 Å². The van der Waals surface area contributed by atoms with E-state index in [-0.39, 0.29) is 12.1 Å². The number of nitriles is 1. The topological polar surface area (TPSA) is 95.5 Å². The number of piperazine rings is 1. The standard InChI is InChI=1S/C23H24ClN5O3/c1-14-13-28(22(30)32-23(2,3)4)8-9-29(14)21-27-18-11-16(24)10-17(20(18)31-21)19-15(12-25)6-5-7-26-19/h5-7,10-11,14H,8-9,13H2,1-4H3/t14-/m0/s1. The number of nitrogens with zero attached hydrogens (tertiary/aromatic N) is 5. The average molecular weight is 454 g/mol. The van der Waals surface area contributed by atoms with E-state index in [4.69, 9.17) is 20.8 Å². The highest BCUT2D eigenvalue weighted by Gasteiger charge is 2.32. The van der Waals surface area contributed by atoms with E-state index in [0.717, 1.165) is 0 Å².